The van der Waals surface area contributed by atoms with E-state index in [1.165, 1.54) is 0 Å². The van der Waals surface area contributed by atoms with Gasteiger partial charge < -0.3 is 5.11 Å². The number of aliphatic hydroxyl groups is 1. The normalized spacial score (nSPS) is 12.2. The lowest BCUT2D eigenvalue weighted by Gasteiger charge is -1.79. The van der Waals surface area contributed by atoms with Gasteiger partial charge in [0.25, 0.3) is 0 Å². The van der Waals surface area contributed by atoms with Crippen molar-refractivity contribution in [1.82, 2.24) is 0 Å². The molecule has 0 fully saturated rings. The van der Waals surface area contributed by atoms with Crippen LogP contribution in [0.25, 0.3) is 0 Å². The van der Waals surface area contributed by atoms with Crippen LogP contribution in [0.2, 0.25) is 0 Å². The molecular weight excluding hydrogens is 76.1 g/mol. The highest BCUT2D eigenvalue weighted by atomic mass is 16.2. The summed E-state index contributed by atoms with van der Waals surface area (Å²) in [4.78, 5) is 0. The van der Waals surface area contributed by atoms with Crippen molar-refractivity contribution in [2.45, 2.75) is 6.92 Å². The first kappa shape index (κ1) is 5.70. The smallest absolute Gasteiger partial charge is 0.0614 e. The molecule has 0 atom stereocenters. The number of hydrogen-bond acceptors (Lipinski definition) is 1. The third-order valence-corrected chi connectivity index (χ3v) is 0.440. The highest BCUT2D eigenvalue weighted by Gasteiger charge is 1.68. The third-order valence-electron chi connectivity index (χ3n) is 0.440. The molecule has 35 valence electrons. The molecule has 0 aliphatic carbocycles. The summed E-state index contributed by atoms with van der Waals surface area (Å²) in [6, 6.07) is 0. The van der Waals surface area contributed by atoms with E-state index in [9.17, 15) is 0 Å². The molecule has 1 nitrogen and oxygen atoms in total. The summed E-state index contributed by atoms with van der Waals surface area (Å²) in [5.74, 6) is 0. The maximum atomic E-state index is 8.12. The number of aliphatic hydroxyl groups excluding tert-OH is 1. The zero-order valence-corrected chi connectivity index (χ0v) is 3.94. The third kappa shape index (κ3) is 3.70. The van der Waals surface area contributed by atoms with Gasteiger partial charge in [0.15, 0.2) is 0 Å². The van der Waals surface area contributed by atoms with E-state index in [0.29, 0.717) is 0 Å². The minimum absolute atomic E-state index is 0.106. The van der Waals surface area contributed by atoms with E-state index in [2.05, 4.69) is 6.92 Å². The van der Waals surface area contributed by atoms with Crippen LogP contribution in [-0.4, -0.2) is 11.7 Å². The first-order valence-corrected chi connectivity index (χ1v) is 1.87. The van der Waals surface area contributed by atoms with Gasteiger partial charge in [0.1, 0.15) is 0 Å². The fraction of sp³-hybridized carbons (Fsp3) is 0.400. The minimum Gasteiger partial charge on any atom is -0.392 e. The molecule has 0 saturated carbocycles. The predicted molar refractivity (Wildman–Crippen MR) is 26.2 cm³/mol. The zero-order valence-electron chi connectivity index (χ0n) is 3.94. The lowest BCUT2D eigenvalue weighted by atomic mass is 10.3. The Hall–Kier alpha value is -0.300. The topological polar surface area (TPSA) is 20.2 Å². The molecule has 0 amide bonds. The summed E-state index contributed by atoms with van der Waals surface area (Å²) in [6.45, 7) is 5.48. The quantitative estimate of drug-likeness (QED) is 0.498. The van der Waals surface area contributed by atoms with Crippen molar-refractivity contribution in [3.05, 3.63) is 18.6 Å². The van der Waals surface area contributed by atoms with E-state index in [1.54, 1.807) is 6.08 Å². The van der Waals surface area contributed by atoms with Gasteiger partial charge in [-0.2, -0.15) is 0 Å². The van der Waals surface area contributed by atoms with Crippen LogP contribution < -0.4 is 0 Å². The molecule has 0 aliphatic rings. The van der Waals surface area contributed by atoms with Crippen molar-refractivity contribution in [1.29, 1.82) is 0 Å². The average Bonchev–Trinajstić information content (AvgIpc) is 1.35. The second-order valence-corrected chi connectivity index (χ2v) is 1.23. The summed E-state index contributed by atoms with van der Waals surface area (Å²) < 4.78 is 0. The molecule has 0 aromatic rings. The van der Waals surface area contributed by atoms with Crippen LogP contribution >= 0.6 is 0 Å². The Morgan fingerprint density at radius 1 is 2.00 bits per heavy atom. The molecule has 0 saturated heterocycles. The fourth-order valence-corrected chi connectivity index (χ4v) is 0.156. The average molecular weight is 85.1 g/mol. The van der Waals surface area contributed by atoms with E-state index >= 15 is 0 Å². The molecule has 1 radical (unpaired) electrons. The van der Waals surface area contributed by atoms with E-state index in [1.807, 2.05) is 6.92 Å². The Morgan fingerprint density at radius 3 is 2.50 bits per heavy atom. The number of rotatable bonds is 1. The van der Waals surface area contributed by atoms with E-state index in [-0.39, 0.29) is 6.61 Å². The van der Waals surface area contributed by atoms with Crippen molar-refractivity contribution in [3.63, 3.8) is 0 Å². The Bertz CT molecular complexity index is 51.0. The van der Waals surface area contributed by atoms with Gasteiger partial charge >= 0.3 is 0 Å². The maximum Gasteiger partial charge on any atom is 0.0614 e. The van der Waals surface area contributed by atoms with Gasteiger partial charge in [-0.25, -0.2) is 0 Å². The van der Waals surface area contributed by atoms with Crippen LogP contribution in [0.4, 0.5) is 0 Å². The van der Waals surface area contributed by atoms with E-state index < -0.39 is 0 Å². The Labute approximate surface area is 38.3 Å². The molecule has 6 heavy (non-hydrogen) atoms. The van der Waals surface area contributed by atoms with E-state index in [0.717, 1.165) is 5.57 Å². The summed E-state index contributed by atoms with van der Waals surface area (Å²) in [7, 11) is 0. The predicted octanol–water partition coefficient (Wildman–Crippen LogP) is 0.759. The molecule has 1 N–H and O–H groups in total. The Morgan fingerprint density at radius 2 is 2.50 bits per heavy atom. The van der Waals surface area contributed by atoms with Crippen molar-refractivity contribution in [2.75, 3.05) is 6.61 Å². The number of allylic oxidation sites excluding steroid dienone is 1. The second kappa shape index (κ2) is 2.91. The van der Waals surface area contributed by atoms with Crippen molar-refractivity contribution in [3.8, 4) is 0 Å². The van der Waals surface area contributed by atoms with Gasteiger partial charge in [-0.3, -0.25) is 0 Å². The van der Waals surface area contributed by atoms with Gasteiger partial charge in [0.2, 0.25) is 0 Å². The highest BCUT2D eigenvalue weighted by molar-refractivity contribution is 5.00. The second-order valence-electron chi connectivity index (χ2n) is 1.23. The molecule has 0 heterocycles. The largest absolute Gasteiger partial charge is 0.392 e. The molecule has 0 aromatic heterocycles. The standard InChI is InChI=1S/C5H9O/c1-5(2)3-4-6/h3,6H,1,4H2,2H3. The van der Waals surface area contributed by atoms with Crippen LogP contribution in [0, 0.1) is 6.92 Å². The van der Waals surface area contributed by atoms with Crippen molar-refractivity contribution >= 4 is 0 Å². The van der Waals surface area contributed by atoms with Gasteiger partial charge in [-0.15, -0.1) is 0 Å². The fourth-order valence-electron chi connectivity index (χ4n) is 0.156. The van der Waals surface area contributed by atoms with Gasteiger partial charge in [0, 0.05) is 0 Å². The molecule has 0 bridgehead atoms. The monoisotopic (exact) mass is 85.1 g/mol. The van der Waals surface area contributed by atoms with Gasteiger partial charge in [-0.05, 0) is 13.8 Å². The van der Waals surface area contributed by atoms with Crippen molar-refractivity contribution in [2.24, 2.45) is 0 Å². The van der Waals surface area contributed by atoms with Crippen LogP contribution in [-0.2, 0) is 0 Å². The summed E-state index contributed by atoms with van der Waals surface area (Å²) in [6.07, 6.45) is 1.65. The first-order valence-electron chi connectivity index (χ1n) is 1.87. The Balaban J connectivity index is 3.14. The summed E-state index contributed by atoms with van der Waals surface area (Å²) >= 11 is 0. The molecule has 0 unspecified atom stereocenters. The Kier molecular flexibility index (Phi) is 2.77. The molecule has 1 heteroatoms. The van der Waals surface area contributed by atoms with E-state index in [4.69, 9.17) is 5.11 Å². The molecular formula is C5H9O. The van der Waals surface area contributed by atoms with Gasteiger partial charge in [-0.1, -0.05) is 11.6 Å². The SMILES string of the molecule is [CH2]C(C)=CCO. The maximum absolute atomic E-state index is 8.12. The molecule has 0 spiro atoms. The zero-order chi connectivity index (χ0) is 4.99. The molecule has 0 aliphatic heterocycles. The molecule has 0 aromatic carbocycles. The van der Waals surface area contributed by atoms with Crippen LogP contribution in [0.1, 0.15) is 6.92 Å². The summed E-state index contributed by atoms with van der Waals surface area (Å²) in [5, 5.41) is 8.12. The lowest BCUT2D eigenvalue weighted by molar-refractivity contribution is 0.342. The molecule has 0 rings (SSSR count). The summed E-state index contributed by atoms with van der Waals surface area (Å²) in [5.41, 5.74) is 0.914. The first-order chi connectivity index (χ1) is 2.77. The lowest BCUT2D eigenvalue weighted by Crippen LogP contribution is -1.72. The van der Waals surface area contributed by atoms with Crippen LogP contribution in [0.5, 0.6) is 0 Å². The highest BCUT2D eigenvalue weighted by Crippen LogP contribution is 1.82. The van der Waals surface area contributed by atoms with Gasteiger partial charge in [0.05, 0.1) is 6.61 Å². The van der Waals surface area contributed by atoms with Crippen molar-refractivity contribution < 1.29 is 5.11 Å². The van der Waals surface area contributed by atoms with Crippen LogP contribution in [0.3, 0.4) is 0 Å². The van der Waals surface area contributed by atoms with Crippen LogP contribution in [0.15, 0.2) is 11.6 Å². The minimum atomic E-state index is 0.106. The number of hydrogen-bond donors (Lipinski definition) is 1.